The van der Waals surface area contributed by atoms with Gasteiger partial charge in [-0.05, 0) is 37.3 Å². The molecule has 0 spiro atoms. The van der Waals surface area contributed by atoms with Gasteiger partial charge < -0.3 is 10.2 Å². The predicted molar refractivity (Wildman–Crippen MR) is 107 cm³/mol. The van der Waals surface area contributed by atoms with E-state index in [2.05, 4.69) is 15.4 Å². The number of nitrogens with zero attached hydrogens (tertiary/aromatic N) is 4. The van der Waals surface area contributed by atoms with Crippen LogP contribution >= 0.6 is 11.6 Å². The van der Waals surface area contributed by atoms with Gasteiger partial charge in [-0.15, -0.1) is 0 Å². The van der Waals surface area contributed by atoms with Gasteiger partial charge in [0, 0.05) is 12.2 Å². The highest BCUT2D eigenvalue weighted by Gasteiger charge is 2.37. The minimum absolute atomic E-state index is 0.0422. The molecule has 1 unspecified atom stereocenters. The van der Waals surface area contributed by atoms with Crippen molar-refractivity contribution in [3.05, 3.63) is 70.4 Å². The van der Waals surface area contributed by atoms with Gasteiger partial charge in [0.2, 0.25) is 0 Å². The number of halogens is 5. The van der Waals surface area contributed by atoms with Gasteiger partial charge >= 0.3 is 6.18 Å². The molecule has 1 aliphatic rings. The molecule has 1 aliphatic heterocycles. The number of aromatic nitrogens is 3. The Bertz CT molecular complexity index is 1210. The van der Waals surface area contributed by atoms with Crippen LogP contribution in [0.4, 0.5) is 29.1 Å². The number of rotatable bonds is 3. The molecule has 1 aromatic carbocycles. The van der Waals surface area contributed by atoms with Crippen LogP contribution in [-0.2, 0) is 6.18 Å². The SMILES string of the molecule is CC1CN(c2ccc(C(F)(F)F)c(Cl)c2)C(=O)c2c(C(=O)Nc3ccc(F)cn3)cnn21. The predicted octanol–water partition coefficient (Wildman–Crippen LogP) is 4.56. The number of benzene rings is 1. The van der Waals surface area contributed by atoms with Crippen molar-refractivity contribution < 1.29 is 27.2 Å². The molecule has 2 aromatic heterocycles. The van der Waals surface area contributed by atoms with Crippen molar-refractivity contribution in [3.63, 3.8) is 0 Å². The zero-order valence-electron chi connectivity index (χ0n) is 16.3. The van der Waals surface area contributed by atoms with E-state index in [0.29, 0.717) is 0 Å². The van der Waals surface area contributed by atoms with Crippen molar-refractivity contribution >= 4 is 34.9 Å². The Kier molecular flexibility index (Phi) is 5.37. The fourth-order valence-electron chi connectivity index (χ4n) is 3.39. The summed E-state index contributed by atoms with van der Waals surface area (Å²) in [6, 6.07) is 4.99. The highest BCUT2D eigenvalue weighted by Crippen LogP contribution is 2.37. The molecule has 0 fully saturated rings. The third-order valence-corrected chi connectivity index (χ3v) is 5.20. The van der Waals surface area contributed by atoms with E-state index < -0.39 is 34.4 Å². The van der Waals surface area contributed by atoms with Gasteiger partial charge in [-0.2, -0.15) is 18.3 Å². The number of hydrogen-bond acceptors (Lipinski definition) is 4. The summed E-state index contributed by atoms with van der Waals surface area (Å²) < 4.78 is 53.4. The topological polar surface area (TPSA) is 80.1 Å². The Morgan fingerprint density at radius 2 is 1.97 bits per heavy atom. The van der Waals surface area contributed by atoms with Crippen LogP contribution in [-0.4, -0.2) is 33.1 Å². The number of amides is 2. The van der Waals surface area contributed by atoms with E-state index in [0.717, 1.165) is 30.5 Å². The summed E-state index contributed by atoms with van der Waals surface area (Å²) in [6.45, 7) is 1.85. The molecule has 32 heavy (non-hydrogen) atoms. The third kappa shape index (κ3) is 3.91. The molecule has 0 saturated heterocycles. The molecule has 0 radical (unpaired) electrons. The van der Waals surface area contributed by atoms with Gasteiger partial charge in [0.25, 0.3) is 11.8 Å². The van der Waals surface area contributed by atoms with E-state index in [1.807, 2.05) is 0 Å². The molecule has 166 valence electrons. The summed E-state index contributed by atoms with van der Waals surface area (Å²) in [7, 11) is 0. The van der Waals surface area contributed by atoms with Crippen molar-refractivity contribution in [2.75, 3.05) is 16.8 Å². The van der Waals surface area contributed by atoms with E-state index in [1.165, 1.54) is 21.8 Å². The summed E-state index contributed by atoms with van der Waals surface area (Å²) in [4.78, 5) is 30.9. The quantitative estimate of drug-likeness (QED) is 0.572. The number of anilines is 2. The first-order valence-corrected chi connectivity index (χ1v) is 9.63. The summed E-state index contributed by atoms with van der Waals surface area (Å²) in [5.74, 6) is -1.84. The molecule has 0 bridgehead atoms. The van der Waals surface area contributed by atoms with E-state index in [1.54, 1.807) is 6.92 Å². The summed E-state index contributed by atoms with van der Waals surface area (Å²) in [6.07, 6.45) is -2.49. The van der Waals surface area contributed by atoms with Crippen LogP contribution in [0.15, 0.2) is 42.7 Å². The van der Waals surface area contributed by atoms with Crippen LogP contribution < -0.4 is 10.2 Å². The zero-order chi connectivity index (χ0) is 23.2. The van der Waals surface area contributed by atoms with Crippen LogP contribution in [0.2, 0.25) is 5.02 Å². The number of alkyl halides is 3. The second kappa shape index (κ2) is 7.90. The largest absolute Gasteiger partial charge is 0.417 e. The minimum atomic E-state index is -4.63. The molecule has 3 aromatic rings. The third-order valence-electron chi connectivity index (χ3n) is 4.89. The van der Waals surface area contributed by atoms with Crippen LogP contribution in [0.3, 0.4) is 0 Å². The summed E-state index contributed by atoms with van der Waals surface area (Å²) in [5.41, 5.74) is -0.966. The van der Waals surface area contributed by atoms with E-state index >= 15 is 0 Å². The monoisotopic (exact) mass is 467 g/mol. The smallest absolute Gasteiger partial charge is 0.306 e. The van der Waals surface area contributed by atoms with Crippen LogP contribution in [0.1, 0.15) is 39.4 Å². The summed E-state index contributed by atoms with van der Waals surface area (Å²) >= 11 is 5.81. The average Bonchev–Trinajstić information content (AvgIpc) is 3.17. The lowest BCUT2D eigenvalue weighted by Gasteiger charge is -2.32. The van der Waals surface area contributed by atoms with Crippen molar-refractivity contribution in [1.82, 2.24) is 14.8 Å². The molecule has 12 heteroatoms. The van der Waals surface area contributed by atoms with Gasteiger partial charge in [-0.1, -0.05) is 11.6 Å². The lowest BCUT2D eigenvalue weighted by atomic mass is 10.1. The highest BCUT2D eigenvalue weighted by atomic mass is 35.5. The number of nitrogens with one attached hydrogen (secondary N) is 1. The second-order valence-electron chi connectivity index (χ2n) is 7.09. The van der Waals surface area contributed by atoms with Crippen molar-refractivity contribution in [1.29, 1.82) is 0 Å². The Balaban J connectivity index is 1.66. The van der Waals surface area contributed by atoms with Crippen molar-refractivity contribution in [3.8, 4) is 0 Å². The van der Waals surface area contributed by atoms with E-state index in [4.69, 9.17) is 11.6 Å². The zero-order valence-corrected chi connectivity index (χ0v) is 17.1. The van der Waals surface area contributed by atoms with Crippen LogP contribution in [0.5, 0.6) is 0 Å². The Hall–Kier alpha value is -3.47. The lowest BCUT2D eigenvalue weighted by molar-refractivity contribution is -0.137. The average molecular weight is 468 g/mol. The lowest BCUT2D eigenvalue weighted by Crippen LogP contribution is -2.43. The maximum Gasteiger partial charge on any atom is 0.417 e. The fourth-order valence-corrected chi connectivity index (χ4v) is 3.67. The molecule has 0 saturated carbocycles. The van der Waals surface area contributed by atoms with Crippen LogP contribution in [0, 0.1) is 5.82 Å². The van der Waals surface area contributed by atoms with Gasteiger partial charge in [0.05, 0.1) is 34.6 Å². The van der Waals surface area contributed by atoms with E-state index in [-0.39, 0.29) is 35.3 Å². The Labute approximate surface area is 183 Å². The first-order chi connectivity index (χ1) is 15.1. The van der Waals surface area contributed by atoms with Crippen molar-refractivity contribution in [2.24, 2.45) is 0 Å². The molecule has 4 rings (SSSR count). The van der Waals surface area contributed by atoms with Crippen LogP contribution in [0.25, 0.3) is 0 Å². The van der Waals surface area contributed by atoms with E-state index in [9.17, 15) is 27.2 Å². The number of carbonyl (C=O) groups is 2. The molecular formula is C20H14ClF4N5O2. The standard InChI is InChI=1S/C20H14ClF4N5O2/c1-10-9-29(12-3-4-14(15(21)6-12)20(23,24)25)19(32)17-13(8-27-30(10)17)18(31)28-16-5-2-11(22)7-26-16/h2-8,10H,9H2,1H3,(H,26,28,31). The second-order valence-corrected chi connectivity index (χ2v) is 7.50. The fraction of sp³-hybridized carbons (Fsp3) is 0.200. The van der Waals surface area contributed by atoms with Gasteiger partial charge in [-0.25, -0.2) is 9.37 Å². The molecular weight excluding hydrogens is 454 g/mol. The van der Waals surface area contributed by atoms with Gasteiger partial charge in [-0.3, -0.25) is 14.3 Å². The maximum absolute atomic E-state index is 13.2. The molecule has 2 amide bonds. The normalized spacial score (nSPS) is 16.1. The first kappa shape index (κ1) is 21.8. The number of fused-ring (bicyclic) bond motifs is 1. The highest BCUT2D eigenvalue weighted by molar-refractivity contribution is 6.32. The molecule has 0 aliphatic carbocycles. The number of carbonyl (C=O) groups excluding carboxylic acids is 2. The number of hydrogen-bond donors (Lipinski definition) is 1. The van der Waals surface area contributed by atoms with Gasteiger partial charge in [0.15, 0.2) is 0 Å². The Morgan fingerprint density at radius 3 is 2.59 bits per heavy atom. The minimum Gasteiger partial charge on any atom is -0.306 e. The molecule has 1 atom stereocenters. The van der Waals surface area contributed by atoms with Crippen molar-refractivity contribution in [2.45, 2.75) is 19.1 Å². The van der Waals surface area contributed by atoms with Gasteiger partial charge in [0.1, 0.15) is 17.3 Å². The molecule has 7 nitrogen and oxygen atoms in total. The molecule has 3 heterocycles. The maximum atomic E-state index is 13.2. The summed E-state index contributed by atoms with van der Waals surface area (Å²) in [5, 5.41) is 6.02. The molecule has 1 N–H and O–H groups in total. The first-order valence-electron chi connectivity index (χ1n) is 9.25. The number of pyridine rings is 1. The Morgan fingerprint density at radius 1 is 1.22 bits per heavy atom.